The Morgan fingerprint density at radius 2 is 1.73 bits per heavy atom. The molecule has 114 valence electrons. The fraction of sp³-hybridized carbons (Fsp3) is 0.222. The van der Waals surface area contributed by atoms with Crippen LogP contribution in [0.2, 0.25) is 0 Å². The molecular weight excluding hydrogens is 294 g/mol. The smallest absolute Gasteiger partial charge is 0.173 e. The number of para-hydroxylation sites is 1. The molecule has 0 saturated heterocycles. The summed E-state index contributed by atoms with van der Waals surface area (Å²) >= 11 is 0. The Morgan fingerprint density at radius 1 is 1.05 bits per heavy atom. The van der Waals surface area contributed by atoms with Crippen molar-refractivity contribution in [1.29, 1.82) is 0 Å². The van der Waals surface area contributed by atoms with E-state index in [1.54, 1.807) is 6.08 Å². The summed E-state index contributed by atoms with van der Waals surface area (Å²) in [5, 5.41) is 1.34. The molecular formula is C18H19NO2S. The minimum Gasteiger partial charge on any atom is -0.360 e. The van der Waals surface area contributed by atoms with Crippen LogP contribution in [0.25, 0.3) is 0 Å². The lowest BCUT2D eigenvalue weighted by Gasteiger charge is -2.30. The first kappa shape index (κ1) is 14.9. The summed E-state index contributed by atoms with van der Waals surface area (Å²) in [7, 11) is -3.07. The molecule has 4 heteroatoms. The molecule has 0 aromatic heterocycles. The van der Waals surface area contributed by atoms with E-state index in [1.165, 1.54) is 16.5 Å². The lowest BCUT2D eigenvalue weighted by atomic mass is 10.1. The van der Waals surface area contributed by atoms with Crippen molar-refractivity contribution in [3.8, 4) is 0 Å². The fourth-order valence-electron chi connectivity index (χ4n) is 2.66. The van der Waals surface area contributed by atoms with Gasteiger partial charge < -0.3 is 4.90 Å². The minimum atomic E-state index is -3.07. The fourth-order valence-corrected chi connectivity index (χ4v) is 3.96. The van der Waals surface area contributed by atoms with Gasteiger partial charge in [-0.2, -0.15) is 0 Å². The van der Waals surface area contributed by atoms with Gasteiger partial charge in [-0.05, 0) is 30.7 Å². The molecule has 2 aromatic carbocycles. The highest BCUT2D eigenvalue weighted by Crippen LogP contribution is 2.24. The van der Waals surface area contributed by atoms with Crippen LogP contribution in [-0.4, -0.2) is 20.2 Å². The topological polar surface area (TPSA) is 37.4 Å². The van der Waals surface area contributed by atoms with E-state index in [1.807, 2.05) is 30.3 Å². The second-order valence-electron chi connectivity index (χ2n) is 5.67. The first-order valence-electron chi connectivity index (χ1n) is 7.32. The van der Waals surface area contributed by atoms with Crippen LogP contribution in [0.5, 0.6) is 0 Å². The summed E-state index contributed by atoms with van der Waals surface area (Å²) in [6.45, 7) is 2.75. The lowest BCUT2D eigenvalue weighted by molar-refractivity contribution is 0.601. The van der Waals surface area contributed by atoms with Crippen LogP contribution in [-0.2, 0) is 16.4 Å². The highest BCUT2D eigenvalue weighted by molar-refractivity contribution is 7.94. The maximum absolute atomic E-state index is 11.8. The second kappa shape index (κ2) is 5.97. The van der Waals surface area contributed by atoms with Crippen molar-refractivity contribution in [1.82, 2.24) is 0 Å². The number of aryl methyl sites for hydroxylation is 1. The Balaban J connectivity index is 1.90. The molecule has 0 bridgehead atoms. The van der Waals surface area contributed by atoms with Crippen molar-refractivity contribution in [3.05, 3.63) is 77.2 Å². The third-order valence-corrected chi connectivity index (χ3v) is 5.25. The molecule has 1 aliphatic heterocycles. The zero-order valence-electron chi connectivity index (χ0n) is 12.5. The van der Waals surface area contributed by atoms with E-state index >= 15 is 0 Å². The van der Waals surface area contributed by atoms with Crippen LogP contribution < -0.4 is 4.90 Å². The van der Waals surface area contributed by atoms with Crippen LogP contribution in [0.15, 0.2) is 66.1 Å². The molecule has 1 heterocycles. The largest absolute Gasteiger partial charge is 0.360 e. The number of benzene rings is 2. The van der Waals surface area contributed by atoms with Gasteiger partial charge in [0.25, 0.3) is 0 Å². The van der Waals surface area contributed by atoms with Gasteiger partial charge in [-0.1, -0.05) is 48.0 Å². The van der Waals surface area contributed by atoms with E-state index in [-0.39, 0.29) is 11.8 Å². The average molecular weight is 313 g/mol. The van der Waals surface area contributed by atoms with Crippen molar-refractivity contribution < 1.29 is 8.42 Å². The highest BCUT2D eigenvalue weighted by atomic mass is 32.2. The summed E-state index contributed by atoms with van der Waals surface area (Å²) < 4.78 is 23.5. The Morgan fingerprint density at radius 3 is 2.32 bits per heavy atom. The number of nitrogens with zero attached hydrogens (tertiary/aromatic N) is 1. The van der Waals surface area contributed by atoms with Gasteiger partial charge in [-0.3, -0.25) is 0 Å². The summed E-state index contributed by atoms with van der Waals surface area (Å²) in [4.78, 5) is 2.14. The van der Waals surface area contributed by atoms with Gasteiger partial charge in [0.15, 0.2) is 9.84 Å². The highest BCUT2D eigenvalue weighted by Gasteiger charge is 2.27. The molecule has 0 fully saturated rings. The van der Waals surface area contributed by atoms with Crippen molar-refractivity contribution >= 4 is 15.5 Å². The summed E-state index contributed by atoms with van der Waals surface area (Å²) in [6.07, 6.45) is 1.79. The van der Waals surface area contributed by atoms with Gasteiger partial charge in [0, 0.05) is 17.6 Å². The number of sulfone groups is 1. The van der Waals surface area contributed by atoms with Crippen LogP contribution in [0.3, 0.4) is 0 Å². The predicted octanol–water partition coefficient (Wildman–Crippen LogP) is 3.31. The maximum Gasteiger partial charge on any atom is 0.173 e. The molecule has 0 spiro atoms. The number of rotatable bonds is 4. The van der Waals surface area contributed by atoms with E-state index in [9.17, 15) is 8.42 Å². The number of hydrogen-bond donors (Lipinski definition) is 0. The maximum atomic E-state index is 11.8. The Labute approximate surface area is 131 Å². The third-order valence-electron chi connectivity index (χ3n) is 3.87. The van der Waals surface area contributed by atoms with Gasteiger partial charge in [0.1, 0.15) is 0 Å². The van der Waals surface area contributed by atoms with Gasteiger partial charge in [0.05, 0.1) is 11.8 Å². The Hall–Kier alpha value is -2.07. The van der Waals surface area contributed by atoms with Crippen molar-refractivity contribution in [2.45, 2.75) is 19.5 Å². The Bertz CT molecular complexity index is 764. The molecule has 0 unspecified atom stereocenters. The van der Waals surface area contributed by atoms with Crippen molar-refractivity contribution in [3.63, 3.8) is 0 Å². The van der Waals surface area contributed by atoms with E-state index in [2.05, 4.69) is 36.1 Å². The number of hydrogen-bond acceptors (Lipinski definition) is 3. The van der Waals surface area contributed by atoms with E-state index in [0.717, 1.165) is 5.69 Å². The zero-order valence-corrected chi connectivity index (χ0v) is 13.3. The summed E-state index contributed by atoms with van der Waals surface area (Å²) in [6, 6.07) is 18.2. The molecule has 0 aliphatic carbocycles. The van der Waals surface area contributed by atoms with Gasteiger partial charge in [-0.25, -0.2) is 8.42 Å². The molecule has 0 radical (unpaired) electrons. The average Bonchev–Trinajstić information content (AvgIpc) is 2.87. The van der Waals surface area contributed by atoms with Crippen molar-refractivity contribution in [2.24, 2.45) is 0 Å². The first-order chi connectivity index (χ1) is 10.5. The van der Waals surface area contributed by atoms with Gasteiger partial charge in [-0.15, -0.1) is 0 Å². The van der Waals surface area contributed by atoms with E-state index in [0.29, 0.717) is 6.54 Å². The van der Waals surface area contributed by atoms with Crippen molar-refractivity contribution in [2.75, 3.05) is 10.7 Å². The quantitative estimate of drug-likeness (QED) is 0.869. The molecule has 1 aliphatic rings. The Kier molecular flexibility index (Phi) is 4.03. The van der Waals surface area contributed by atoms with E-state index in [4.69, 9.17) is 0 Å². The molecule has 2 aromatic rings. The van der Waals surface area contributed by atoms with E-state index < -0.39 is 9.84 Å². The van der Waals surface area contributed by atoms with Crippen LogP contribution >= 0.6 is 0 Å². The number of anilines is 1. The summed E-state index contributed by atoms with van der Waals surface area (Å²) in [5.74, 6) is 0.147. The third kappa shape index (κ3) is 3.39. The molecule has 3 nitrogen and oxygen atoms in total. The van der Waals surface area contributed by atoms with Gasteiger partial charge in [0.2, 0.25) is 0 Å². The van der Waals surface area contributed by atoms with Crippen LogP contribution in [0.1, 0.15) is 11.1 Å². The SMILES string of the molecule is Cc1ccc(CN(c2ccccc2)[C@H]2C=CS(=O)(=O)C2)cc1. The molecule has 22 heavy (non-hydrogen) atoms. The molecule has 1 atom stereocenters. The molecule has 0 N–H and O–H groups in total. The predicted molar refractivity (Wildman–Crippen MR) is 90.5 cm³/mol. The molecule has 0 amide bonds. The lowest BCUT2D eigenvalue weighted by Crippen LogP contribution is -2.35. The zero-order chi connectivity index (χ0) is 15.6. The first-order valence-corrected chi connectivity index (χ1v) is 9.03. The van der Waals surface area contributed by atoms with Gasteiger partial charge >= 0.3 is 0 Å². The summed E-state index contributed by atoms with van der Waals surface area (Å²) in [5.41, 5.74) is 3.43. The van der Waals surface area contributed by atoms with Crippen LogP contribution in [0, 0.1) is 6.92 Å². The second-order valence-corrected chi connectivity index (χ2v) is 7.61. The standard InChI is InChI=1S/C18H19NO2S/c1-15-7-9-16(10-8-15)13-19(17-5-3-2-4-6-17)18-11-12-22(20,21)14-18/h2-12,18H,13-14H2,1H3/t18-/m0/s1. The minimum absolute atomic E-state index is 0.117. The van der Waals surface area contributed by atoms with Crippen LogP contribution in [0.4, 0.5) is 5.69 Å². The monoisotopic (exact) mass is 313 g/mol. The molecule has 3 rings (SSSR count). The normalized spacial score (nSPS) is 19.2. The molecule has 0 saturated carbocycles.